The van der Waals surface area contributed by atoms with Crippen LogP contribution >= 0.6 is 22.7 Å². The van der Waals surface area contributed by atoms with Gasteiger partial charge in [0, 0.05) is 13.0 Å². The van der Waals surface area contributed by atoms with Crippen LogP contribution in [-0.2, 0) is 0 Å². The summed E-state index contributed by atoms with van der Waals surface area (Å²) in [4.78, 5) is 21.7. The summed E-state index contributed by atoms with van der Waals surface area (Å²) in [6, 6.07) is 7.45. The summed E-state index contributed by atoms with van der Waals surface area (Å²) in [6.45, 7) is 1.60. The molecule has 6 nitrogen and oxygen atoms in total. The quantitative estimate of drug-likeness (QED) is 0.625. The number of thiophene rings is 1. The normalized spacial score (nSPS) is 11.1. The number of fused-ring (bicyclic) bond motifs is 1. The third-order valence-corrected chi connectivity index (χ3v) is 6.12. The molecule has 0 atom stereocenters. The number of hydrogen-bond acceptors (Lipinski definition) is 6. The lowest BCUT2D eigenvalue weighted by Gasteiger charge is -2.19. The number of quaternary nitrogens is 1. The number of nitrogens with zero attached hydrogens (tertiary/aromatic N) is 2. The minimum absolute atomic E-state index is 0.0178. The van der Waals surface area contributed by atoms with Crippen LogP contribution in [-0.4, -0.2) is 52.3 Å². The third-order valence-electron chi connectivity index (χ3n) is 4.17. The van der Waals surface area contributed by atoms with Crippen LogP contribution in [0.15, 0.2) is 29.6 Å². The van der Waals surface area contributed by atoms with E-state index in [1.54, 1.807) is 19.1 Å². The van der Waals surface area contributed by atoms with Gasteiger partial charge < -0.3 is 14.4 Å². The molecule has 0 bridgehead atoms. The Bertz CT molecular complexity index is 865. The fraction of sp³-hybridized carbons (Fsp3) is 0.368. The van der Waals surface area contributed by atoms with Crippen LogP contribution in [0.5, 0.6) is 11.5 Å². The molecule has 8 heteroatoms. The fourth-order valence-corrected chi connectivity index (χ4v) is 4.57. The number of nitrogens with one attached hydrogen (secondary N) is 1. The van der Waals surface area contributed by atoms with Crippen LogP contribution in [0.4, 0.5) is 5.13 Å². The molecule has 0 unspecified atom stereocenters. The van der Waals surface area contributed by atoms with Crippen molar-refractivity contribution in [2.24, 2.45) is 0 Å². The maximum absolute atomic E-state index is 13.1. The van der Waals surface area contributed by atoms with Gasteiger partial charge in [-0.15, -0.1) is 11.3 Å². The van der Waals surface area contributed by atoms with Crippen molar-refractivity contribution in [2.75, 3.05) is 46.3 Å². The molecular weight excluding hydrogens is 382 g/mol. The second-order valence-electron chi connectivity index (χ2n) is 6.39. The number of carbonyl (C=O) groups excluding carboxylic acids is 1. The summed E-state index contributed by atoms with van der Waals surface area (Å²) in [5.41, 5.74) is 0.721. The largest absolute Gasteiger partial charge is 0.495 e. The first-order valence-electron chi connectivity index (χ1n) is 8.71. The topological polar surface area (TPSA) is 56.1 Å². The summed E-state index contributed by atoms with van der Waals surface area (Å²) in [5.74, 6) is 1.39. The molecule has 2 aromatic heterocycles. The highest BCUT2D eigenvalue weighted by molar-refractivity contribution is 7.23. The number of ether oxygens (including phenoxy) is 2. The Balaban J connectivity index is 2.01. The molecule has 1 aromatic carbocycles. The Hall–Kier alpha value is -2.16. The molecule has 1 N–H and O–H groups in total. The maximum Gasteiger partial charge on any atom is 0.270 e. The van der Waals surface area contributed by atoms with Gasteiger partial charge in [0.05, 0.1) is 39.7 Å². The number of anilines is 1. The van der Waals surface area contributed by atoms with Crippen LogP contribution in [0.1, 0.15) is 16.1 Å². The second kappa shape index (κ2) is 8.69. The number of thiazole rings is 1. The standard InChI is InChI=1S/C19H23N3O3S2/c1-21(2)10-6-11-22(18(23)15-7-5-12-26-15)19-20-16-13(24-3)8-9-14(25-4)17(16)27-19/h5,7-9,12H,6,10-11H2,1-4H3/p+1. The van der Waals surface area contributed by atoms with Crippen molar-refractivity contribution >= 4 is 43.9 Å². The highest BCUT2D eigenvalue weighted by Gasteiger charge is 2.24. The average Bonchev–Trinajstić information content (AvgIpc) is 3.33. The maximum atomic E-state index is 13.1. The second-order valence-corrected chi connectivity index (χ2v) is 8.31. The molecule has 1 amide bonds. The van der Waals surface area contributed by atoms with Crippen molar-refractivity contribution in [3.05, 3.63) is 34.5 Å². The van der Waals surface area contributed by atoms with Gasteiger partial charge in [-0.05, 0) is 23.6 Å². The van der Waals surface area contributed by atoms with E-state index in [9.17, 15) is 4.79 Å². The first kappa shape index (κ1) is 19.6. The minimum atomic E-state index is -0.0178. The number of methoxy groups -OCH3 is 2. The van der Waals surface area contributed by atoms with Gasteiger partial charge in [0.1, 0.15) is 21.7 Å². The molecule has 0 aliphatic heterocycles. The summed E-state index contributed by atoms with van der Waals surface area (Å²) in [6.07, 6.45) is 0.893. The molecule has 3 rings (SSSR count). The van der Waals surface area contributed by atoms with Gasteiger partial charge in [-0.25, -0.2) is 4.98 Å². The van der Waals surface area contributed by atoms with Gasteiger partial charge in [-0.3, -0.25) is 9.69 Å². The van der Waals surface area contributed by atoms with E-state index in [1.165, 1.54) is 27.6 Å². The lowest BCUT2D eigenvalue weighted by molar-refractivity contribution is -0.858. The zero-order chi connectivity index (χ0) is 19.4. The minimum Gasteiger partial charge on any atom is -0.495 e. The smallest absolute Gasteiger partial charge is 0.270 e. The zero-order valence-electron chi connectivity index (χ0n) is 15.9. The van der Waals surface area contributed by atoms with Gasteiger partial charge in [0.25, 0.3) is 5.91 Å². The molecule has 0 fully saturated rings. The predicted octanol–water partition coefficient (Wildman–Crippen LogP) is 2.56. The van der Waals surface area contributed by atoms with Crippen molar-refractivity contribution < 1.29 is 19.2 Å². The fourth-order valence-electron chi connectivity index (χ4n) is 2.80. The molecule has 3 aromatic rings. The SMILES string of the molecule is COc1ccc(OC)c2sc(N(CCC[NH+](C)C)C(=O)c3cccs3)nc12. The summed E-state index contributed by atoms with van der Waals surface area (Å²) >= 11 is 2.90. The number of rotatable bonds is 8. The molecule has 0 saturated heterocycles. The Kier molecular flexibility index (Phi) is 6.30. The Morgan fingerprint density at radius 1 is 1.19 bits per heavy atom. The van der Waals surface area contributed by atoms with Gasteiger partial charge in [0.15, 0.2) is 5.13 Å². The highest BCUT2D eigenvalue weighted by Crippen LogP contribution is 2.40. The monoisotopic (exact) mass is 406 g/mol. The molecule has 2 heterocycles. The van der Waals surface area contributed by atoms with E-state index in [0.29, 0.717) is 22.3 Å². The van der Waals surface area contributed by atoms with E-state index in [-0.39, 0.29) is 5.91 Å². The molecule has 0 radical (unpaired) electrons. The van der Waals surface area contributed by atoms with E-state index < -0.39 is 0 Å². The molecule has 0 aliphatic carbocycles. The van der Waals surface area contributed by atoms with Crippen molar-refractivity contribution in [3.8, 4) is 11.5 Å². The van der Waals surface area contributed by atoms with Crippen LogP contribution in [0.25, 0.3) is 10.2 Å². The van der Waals surface area contributed by atoms with Crippen molar-refractivity contribution in [2.45, 2.75) is 6.42 Å². The molecule has 0 saturated carbocycles. The number of amides is 1. The Labute approximate surface area is 166 Å². The van der Waals surface area contributed by atoms with Crippen LogP contribution in [0, 0.1) is 0 Å². The van der Waals surface area contributed by atoms with Gasteiger partial charge in [-0.1, -0.05) is 17.4 Å². The van der Waals surface area contributed by atoms with Crippen molar-refractivity contribution in [3.63, 3.8) is 0 Å². The van der Waals surface area contributed by atoms with E-state index in [4.69, 9.17) is 14.5 Å². The zero-order valence-corrected chi connectivity index (χ0v) is 17.6. The van der Waals surface area contributed by atoms with Gasteiger partial charge in [-0.2, -0.15) is 0 Å². The predicted molar refractivity (Wildman–Crippen MR) is 111 cm³/mol. The van der Waals surface area contributed by atoms with E-state index in [2.05, 4.69) is 14.1 Å². The van der Waals surface area contributed by atoms with Crippen LogP contribution in [0.3, 0.4) is 0 Å². The Morgan fingerprint density at radius 3 is 2.56 bits per heavy atom. The van der Waals surface area contributed by atoms with Crippen LogP contribution in [0.2, 0.25) is 0 Å². The summed E-state index contributed by atoms with van der Waals surface area (Å²) in [7, 11) is 7.47. The number of benzene rings is 1. The summed E-state index contributed by atoms with van der Waals surface area (Å²) in [5, 5.41) is 2.58. The molecule has 0 spiro atoms. The summed E-state index contributed by atoms with van der Waals surface area (Å²) < 4.78 is 11.8. The van der Waals surface area contributed by atoms with Crippen LogP contribution < -0.4 is 19.3 Å². The highest BCUT2D eigenvalue weighted by atomic mass is 32.1. The lowest BCUT2D eigenvalue weighted by atomic mass is 10.3. The molecule has 144 valence electrons. The van der Waals surface area contributed by atoms with E-state index in [1.807, 2.05) is 29.6 Å². The van der Waals surface area contributed by atoms with E-state index >= 15 is 0 Å². The molecule has 27 heavy (non-hydrogen) atoms. The van der Waals surface area contributed by atoms with Crippen molar-refractivity contribution in [1.82, 2.24) is 4.98 Å². The number of aromatic nitrogens is 1. The third kappa shape index (κ3) is 4.23. The van der Waals surface area contributed by atoms with Gasteiger partial charge in [0.2, 0.25) is 0 Å². The molecular formula is C19H24N3O3S2+. The number of carbonyl (C=O) groups is 1. The first-order valence-corrected chi connectivity index (χ1v) is 10.4. The van der Waals surface area contributed by atoms with Crippen molar-refractivity contribution in [1.29, 1.82) is 0 Å². The van der Waals surface area contributed by atoms with Gasteiger partial charge >= 0.3 is 0 Å². The molecule has 0 aliphatic rings. The number of hydrogen-bond donors (Lipinski definition) is 1. The average molecular weight is 407 g/mol. The Morgan fingerprint density at radius 2 is 1.93 bits per heavy atom. The first-order chi connectivity index (χ1) is 13.0. The van der Waals surface area contributed by atoms with E-state index in [0.717, 1.165) is 28.9 Å². The lowest BCUT2D eigenvalue weighted by Crippen LogP contribution is -3.05.